The highest BCUT2D eigenvalue weighted by atomic mass is 16.3. The molecule has 4 nitrogen and oxygen atoms in total. The normalized spacial score (nSPS) is 13.8. The van der Waals surface area contributed by atoms with Crippen LogP contribution < -0.4 is 5.32 Å². The van der Waals surface area contributed by atoms with E-state index in [4.69, 9.17) is 0 Å². The third-order valence-electron chi connectivity index (χ3n) is 9.84. The second kappa shape index (κ2) is 45.0. The molecule has 0 aliphatic heterocycles. The zero-order valence-electron chi connectivity index (χ0n) is 35.5. The van der Waals surface area contributed by atoms with Gasteiger partial charge in [-0.3, -0.25) is 4.79 Å². The third kappa shape index (κ3) is 40.7. The maximum absolute atomic E-state index is 12.3. The fraction of sp³-hybridized carbons (Fsp3) is 0.700. The molecule has 0 saturated carbocycles. The number of rotatable bonds is 40. The van der Waals surface area contributed by atoms with Crippen LogP contribution in [-0.4, -0.2) is 34.9 Å². The van der Waals surface area contributed by atoms with Crippen molar-refractivity contribution >= 4 is 5.91 Å². The van der Waals surface area contributed by atoms with Crippen molar-refractivity contribution in [1.82, 2.24) is 5.32 Å². The monoisotopic (exact) mass is 750 g/mol. The van der Waals surface area contributed by atoms with E-state index in [0.717, 1.165) is 70.6 Å². The van der Waals surface area contributed by atoms with Crippen LogP contribution in [0.4, 0.5) is 0 Å². The molecule has 0 bridgehead atoms. The summed E-state index contributed by atoms with van der Waals surface area (Å²) in [5.74, 6) is -0.121. The van der Waals surface area contributed by atoms with Gasteiger partial charge in [0.15, 0.2) is 0 Å². The average Bonchev–Trinajstić information content (AvgIpc) is 3.18. The largest absolute Gasteiger partial charge is 0.394 e. The lowest BCUT2D eigenvalue weighted by molar-refractivity contribution is -0.123. The minimum atomic E-state index is -0.892. The first kappa shape index (κ1) is 51.6. The molecule has 3 N–H and O–H groups in total. The van der Waals surface area contributed by atoms with E-state index >= 15 is 0 Å². The van der Waals surface area contributed by atoms with Gasteiger partial charge in [-0.2, -0.15) is 0 Å². The maximum atomic E-state index is 12.3. The molecule has 0 aliphatic carbocycles. The number of hydrogen-bond donors (Lipinski definition) is 3. The van der Waals surface area contributed by atoms with Gasteiger partial charge in [0.25, 0.3) is 0 Å². The number of nitrogens with one attached hydrogen (secondary N) is 1. The van der Waals surface area contributed by atoms with Gasteiger partial charge in [0.05, 0.1) is 18.8 Å². The molecule has 2 unspecified atom stereocenters. The molecule has 0 radical (unpaired) electrons. The maximum Gasteiger partial charge on any atom is 0.220 e. The van der Waals surface area contributed by atoms with Gasteiger partial charge in [0.2, 0.25) is 5.91 Å². The summed E-state index contributed by atoms with van der Waals surface area (Å²) in [6.45, 7) is 4.15. The summed E-state index contributed by atoms with van der Waals surface area (Å²) in [7, 11) is 0. The number of unbranched alkanes of at least 4 members (excludes halogenated alkanes) is 21. The van der Waals surface area contributed by atoms with E-state index in [1.165, 1.54) is 116 Å². The van der Waals surface area contributed by atoms with Gasteiger partial charge < -0.3 is 15.5 Å². The number of amides is 1. The first-order valence-corrected chi connectivity index (χ1v) is 22.8. The lowest BCUT2D eigenvalue weighted by atomic mass is 10.0. The molecule has 0 aliphatic rings. The molecule has 0 heterocycles. The Morgan fingerprint density at radius 3 is 1.30 bits per heavy atom. The Morgan fingerprint density at radius 2 is 0.833 bits per heavy atom. The summed E-state index contributed by atoms with van der Waals surface area (Å²) in [5, 5.41) is 22.9. The van der Waals surface area contributed by atoms with Crippen molar-refractivity contribution in [3.05, 3.63) is 85.1 Å². The molecule has 0 spiro atoms. The molecule has 1 amide bonds. The molecule has 0 aromatic rings. The summed E-state index contributed by atoms with van der Waals surface area (Å²) < 4.78 is 0. The van der Waals surface area contributed by atoms with E-state index in [1.54, 1.807) is 6.08 Å². The summed E-state index contributed by atoms with van der Waals surface area (Å²) in [5.41, 5.74) is 0. The van der Waals surface area contributed by atoms with Crippen molar-refractivity contribution in [1.29, 1.82) is 0 Å². The van der Waals surface area contributed by atoms with Crippen LogP contribution in [0, 0.1) is 0 Å². The quantitative estimate of drug-likeness (QED) is 0.0431. The number of carbonyl (C=O) groups is 1. The summed E-state index contributed by atoms with van der Waals surface area (Å²) >= 11 is 0. The first-order valence-electron chi connectivity index (χ1n) is 22.8. The van der Waals surface area contributed by atoms with Gasteiger partial charge >= 0.3 is 0 Å². The van der Waals surface area contributed by atoms with Gasteiger partial charge in [-0.05, 0) is 83.5 Å². The highest BCUT2D eigenvalue weighted by molar-refractivity contribution is 5.76. The van der Waals surface area contributed by atoms with Gasteiger partial charge in [0.1, 0.15) is 0 Å². The predicted molar refractivity (Wildman–Crippen MR) is 239 cm³/mol. The Balaban J connectivity index is 3.67. The molecule has 0 aromatic carbocycles. The second-order valence-electron chi connectivity index (χ2n) is 15.1. The second-order valence-corrected chi connectivity index (χ2v) is 15.1. The molecular weight excluding hydrogens is 663 g/mol. The first-order chi connectivity index (χ1) is 26.7. The number of aliphatic hydroxyl groups excluding tert-OH is 2. The molecule has 54 heavy (non-hydrogen) atoms. The zero-order valence-corrected chi connectivity index (χ0v) is 35.5. The summed E-state index contributed by atoms with van der Waals surface area (Å²) in [6.07, 6.45) is 65.7. The van der Waals surface area contributed by atoms with Gasteiger partial charge in [-0.25, -0.2) is 0 Å². The lowest BCUT2D eigenvalue weighted by Crippen LogP contribution is -2.45. The number of hydrogen-bond acceptors (Lipinski definition) is 3. The molecule has 0 fully saturated rings. The minimum Gasteiger partial charge on any atom is -0.394 e. The van der Waals surface area contributed by atoms with E-state index in [2.05, 4.69) is 92.1 Å². The SMILES string of the molecule is CC/C=C\C/C=C\C/C=C\C/C=C\CCCCC(=O)NC(CO)C(O)/C=C/CC/C=C/CC/C=C/CCCCCCCCCCCCCCCCCCC. The van der Waals surface area contributed by atoms with Crippen LogP contribution in [0.25, 0.3) is 0 Å². The average molecular weight is 750 g/mol. The van der Waals surface area contributed by atoms with E-state index in [-0.39, 0.29) is 12.5 Å². The van der Waals surface area contributed by atoms with E-state index in [1.807, 2.05) is 6.08 Å². The van der Waals surface area contributed by atoms with Crippen LogP contribution in [0.3, 0.4) is 0 Å². The van der Waals surface area contributed by atoms with E-state index in [9.17, 15) is 15.0 Å². The number of allylic oxidation sites excluding steroid dienone is 13. The van der Waals surface area contributed by atoms with Crippen LogP contribution in [0.5, 0.6) is 0 Å². The van der Waals surface area contributed by atoms with Gasteiger partial charge in [-0.15, -0.1) is 0 Å². The van der Waals surface area contributed by atoms with Crippen molar-refractivity contribution in [2.75, 3.05) is 6.61 Å². The van der Waals surface area contributed by atoms with E-state index < -0.39 is 12.1 Å². The Bertz CT molecular complexity index is 988. The fourth-order valence-electron chi connectivity index (χ4n) is 6.38. The minimum absolute atomic E-state index is 0.121. The van der Waals surface area contributed by atoms with Crippen LogP contribution >= 0.6 is 0 Å². The van der Waals surface area contributed by atoms with E-state index in [0.29, 0.717) is 6.42 Å². The highest BCUT2D eigenvalue weighted by Gasteiger charge is 2.17. The smallest absolute Gasteiger partial charge is 0.220 e. The topological polar surface area (TPSA) is 69.6 Å². The highest BCUT2D eigenvalue weighted by Crippen LogP contribution is 2.14. The van der Waals surface area contributed by atoms with Crippen molar-refractivity contribution in [2.24, 2.45) is 0 Å². The molecule has 0 rings (SSSR count). The molecule has 0 saturated heterocycles. The van der Waals surface area contributed by atoms with Gasteiger partial charge in [-0.1, -0.05) is 202 Å². The van der Waals surface area contributed by atoms with Crippen molar-refractivity contribution < 1.29 is 15.0 Å². The van der Waals surface area contributed by atoms with Crippen molar-refractivity contribution in [2.45, 2.75) is 219 Å². The molecule has 2 atom stereocenters. The molecule has 4 heteroatoms. The van der Waals surface area contributed by atoms with Crippen LogP contribution in [0.15, 0.2) is 85.1 Å². The van der Waals surface area contributed by atoms with Crippen LogP contribution in [-0.2, 0) is 4.79 Å². The van der Waals surface area contributed by atoms with Crippen molar-refractivity contribution in [3.63, 3.8) is 0 Å². The van der Waals surface area contributed by atoms with Crippen LogP contribution in [0.2, 0.25) is 0 Å². The fourth-order valence-corrected chi connectivity index (χ4v) is 6.38. The lowest BCUT2D eigenvalue weighted by Gasteiger charge is -2.19. The van der Waals surface area contributed by atoms with Crippen molar-refractivity contribution in [3.8, 4) is 0 Å². The number of aliphatic hydroxyl groups is 2. The summed E-state index contributed by atoms with van der Waals surface area (Å²) in [4.78, 5) is 12.3. The Kier molecular flexibility index (Phi) is 42.9. The Labute approximate surface area is 335 Å². The predicted octanol–water partition coefficient (Wildman–Crippen LogP) is 14.5. The molecule has 0 aromatic heterocycles. The Morgan fingerprint density at radius 1 is 0.463 bits per heavy atom. The Hall–Kier alpha value is -2.43. The zero-order chi connectivity index (χ0) is 39.3. The molecular formula is C50H87NO3. The number of carbonyl (C=O) groups excluding carboxylic acids is 1. The van der Waals surface area contributed by atoms with Gasteiger partial charge in [0, 0.05) is 6.42 Å². The third-order valence-corrected chi connectivity index (χ3v) is 9.84. The van der Waals surface area contributed by atoms with Crippen LogP contribution in [0.1, 0.15) is 206 Å². The standard InChI is InChI=1S/C50H87NO3/c1-3-5-7-9-11-13-15-17-19-20-21-22-23-24-25-26-27-28-29-30-32-33-35-37-39-41-43-45-49(53)48(47-52)51-50(54)46-44-42-40-38-36-34-31-18-16-14-12-10-8-6-4-2/h6,8,12,14,18,29-31,35-38,43,45,48-49,52-53H,3-5,7,9-11,13,15-17,19-28,32-34,39-42,44,46-47H2,1-2H3,(H,51,54)/b8-6-,14-12-,30-29+,31-18-,37-35+,38-36-,45-43+. The molecule has 310 valence electrons. The summed E-state index contributed by atoms with van der Waals surface area (Å²) in [6, 6.07) is -0.672.